The topological polar surface area (TPSA) is 0 Å². The molecule has 0 aromatic heterocycles. The van der Waals surface area contributed by atoms with Gasteiger partial charge in [0.05, 0.1) is 0 Å². The van der Waals surface area contributed by atoms with Crippen LogP contribution in [-0.4, -0.2) is 11.5 Å². The van der Waals surface area contributed by atoms with E-state index in [9.17, 15) is 0 Å². The predicted octanol–water partition coefficient (Wildman–Crippen LogP) is 5.64. The lowest BCUT2D eigenvalue weighted by molar-refractivity contribution is 0.575. The van der Waals surface area contributed by atoms with Gasteiger partial charge in [0.25, 0.3) is 0 Å². The number of hydrogen-bond acceptors (Lipinski definition) is 1. The molecule has 0 bridgehead atoms. The lowest BCUT2D eigenvalue weighted by Gasteiger charge is -2.27. The Labute approximate surface area is 116 Å². The van der Waals surface area contributed by atoms with Gasteiger partial charge in [0.1, 0.15) is 0 Å². The van der Waals surface area contributed by atoms with Crippen LogP contribution in [0.5, 0.6) is 0 Å². The molecule has 1 heterocycles. The summed E-state index contributed by atoms with van der Waals surface area (Å²) in [6.07, 6.45) is 15.7. The lowest BCUT2D eigenvalue weighted by atomic mass is 9.81. The van der Waals surface area contributed by atoms with Gasteiger partial charge in [0.2, 0.25) is 0 Å². The monoisotopic (exact) mass is 262 g/mol. The van der Waals surface area contributed by atoms with Crippen molar-refractivity contribution in [3.05, 3.63) is 22.3 Å². The van der Waals surface area contributed by atoms with Crippen LogP contribution in [0.3, 0.4) is 0 Å². The highest BCUT2D eigenvalue weighted by molar-refractivity contribution is 7.99. The maximum Gasteiger partial charge on any atom is -0.00300 e. The van der Waals surface area contributed by atoms with Crippen molar-refractivity contribution in [1.29, 1.82) is 0 Å². The molecule has 18 heavy (non-hydrogen) atoms. The lowest BCUT2D eigenvalue weighted by Crippen LogP contribution is -2.08. The Balaban J connectivity index is 1.63. The van der Waals surface area contributed by atoms with E-state index >= 15 is 0 Å². The molecule has 1 saturated heterocycles. The third-order valence-corrected chi connectivity index (χ3v) is 6.00. The van der Waals surface area contributed by atoms with Gasteiger partial charge in [-0.05, 0) is 75.7 Å². The fraction of sp³-hybridized carbons (Fsp3) is 0.765. The molecule has 1 heteroatoms. The van der Waals surface area contributed by atoms with E-state index in [1.54, 1.807) is 0 Å². The van der Waals surface area contributed by atoms with Crippen molar-refractivity contribution in [2.24, 2.45) is 0 Å². The highest BCUT2D eigenvalue weighted by Gasteiger charge is 2.19. The van der Waals surface area contributed by atoms with Crippen LogP contribution in [0.1, 0.15) is 70.6 Å². The maximum atomic E-state index is 2.14. The molecule has 2 saturated carbocycles. The van der Waals surface area contributed by atoms with Crippen molar-refractivity contribution in [2.45, 2.75) is 70.6 Å². The van der Waals surface area contributed by atoms with E-state index in [4.69, 9.17) is 0 Å². The van der Waals surface area contributed by atoms with Crippen LogP contribution in [0.15, 0.2) is 22.3 Å². The minimum absolute atomic E-state index is 1.38. The first-order valence-corrected chi connectivity index (χ1v) is 9.06. The average molecular weight is 262 g/mol. The number of rotatable bonds is 0. The van der Waals surface area contributed by atoms with Gasteiger partial charge >= 0.3 is 0 Å². The Morgan fingerprint density at radius 1 is 0.444 bits per heavy atom. The Kier molecular flexibility index (Phi) is 4.51. The summed E-state index contributed by atoms with van der Waals surface area (Å²) in [5.41, 5.74) is 7.44. The van der Waals surface area contributed by atoms with Crippen LogP contribution in [0.25, 0.3) is 0 Å². The summed E-state index contributed by atoms with van der Waals surface area (Å²) in [6, 6.07) is 0. The normalized spacial score (nSPS) is 26.7. The van der Waals surface area contributed by atoms with Gasteiger partial charge in [-0.2, -0.15) is 11.8 Å². The molecule has 0 nitrogen and oxygen atoms in total. The summed E-state index contributed by atoms with van der Waals surface area (Å²) in [4.78, 5) is 0. The van der Waals surface area contributed by atoms with E-state index in [2.05, 4.69) is 11.8 Å². The summed E-state index contributed by atoms with van der Waals surface area (Å²) in [7, 11) is 0. The van der Waals surface area contributed by atoms with Crippen LogP contribution in [-0.2, 0) is 0 Å². The highest BCUT2D eigenvalue weighted by Crippen LogP contribution is 2.38. The van der Waals surface area contributed by atoms with Gasteiger partial charge in [0.15, 0.2) is 0 Å². The first kappa shape index (κ1) is 12.8. The van der Waals surface area contributed by atoms with Crippen molar-refractivity contribution >= 4 is 11.8 Å². The fourth-order valence-electron chi connectivity index (χ4n) is 3.86. The summed E-state index contributed by atoms with van der Waals surface area (Å²) in [5, 5.41) is 0. The second-order valence-electron chi connectivity index (χ2n) is 6.09. The van der Waals surface area contributed by atoms with Gasteiger partial charge < -0.3 is 0 Å². The molecule has 100 valence electrons. The number of thioether (sulfide) groups is 1. The van der Waals surface area contributed by atoms with E-state index in [1.807, 2.05) is 22.3 Å². The molecule has 0 amide bonds. The summed E-state index contributed by atoms with van der Waals surface area (Å²) >= 11 is 2.14. The minimum Gasteiger partial charge on any atom is -0.161 e. The molecular weight excluding hydrogens is 236 g/mol. The first-order chi connectivity index (χ1) is 8.93. The van der Waals surface area contributed by atoms with E-state index in [0.717, 1.165) is 0 Å². The second-order valence-corrected chi connectivity index (χ2v) is 7.31. The fourth-order valence-corrected chi connectivity index (χ4v) is 4.85. The van der Waals surface area contributed by atoms with Crippen molar-refractivity contribution in [3.63, 3.8) is 0 Å². The summed E-state index contributed by atoms with van der Waals surface area (Å²) in [6.45, 7) is 0. The SMILES string of the molecule is C1CCC(=C2CCC(=C3CCSCC3)CC2)CC1. The second kappa shape index (κ2) is 6.32. The van der Waals surface area contributed by atoms with E-state index in [0.29, 0.717) is 0 Å². The van der Waals surface area contributed by atoms with Crippen LogP contribution in [0, 0.1) is 0 Å². The molecule has 3 aliphatic rings. The molecule has 0 N–H and O–H groups in total. The molecule has 0 spiro atoms. The molecule has 0 atom stereocenters. The van der Waals surface area contributed by atoms with Crippen molar-refractivity contribution in [3.8, 4) is 0 Å². The molecule has 0 aromatic carbocycles. The van der Waals surface area contributed by atoms with Crippen molar-refractivity contribution in [1.82, 2.24) is 0 Å². The van der Waals surface area contributed by atoms with Gasteiger partial charge in [-0.25, -0.2) is 0 Å². The maximum absolute atomic E-state index is 2.14. The zero-order valence-electron chi connectivity index (χ0n) is 11.6. The van der Waals surface area contributed by atoms with Gasteiger partial charge in [-0.15, -0.1) is 0 Å². The van der Waals surface area contributed by atoms with Crippen molar-refractivity contribution in [2.75, 3.05) is 11.5 Å². The molecule has 0 unspecified atom stereocenters. The standard InChI is InChI=1S/C17H26S/c1-2-4-14(5-3-1)15-6-8-16(9-7-15)17-10-12-18-13-11-17/h1-13H2. The zero-order valence-corrected chi connectivity index (χ0v) is 12.4. The molecule has 1 aliphatic heterocycles. The third kappa shape index (κ3) is 3.04. The van der Waals surface area contributed by atoms with E-state index in [-0.39, 0.29) is 0 Å². The van der Waals surface area contributed by atoms with Crippen LogP contribution >= 0.6 is 11.8 Å². The predicted molar refractivity (Wildman–Crippen MR) is 82.2 cm³/mol. The highest BCUT2D eigenvalue weighted by atomic mass is 32.2. The van der Waals surface area contributed by atoms with E-state index < -0.39 is 0 Å². The minimum atomic E-state index is 1.38. The molecule has 2 aliphatic carbocycles. The van der Waals surface area contributed by atoms with Crippen LogP contribution in [0.2, 0.25) is 0 Å². The quantitative estimate of drug-likeness (QED) is 0.509. The molecule has 3 fully saturated rings. The Hall–Kier alpha value is -0.170. The van der Waals surface area contributed by atoms with Crippen LogP contribution in [0.4, 0.5) is 0 Å². The largest absolute Gasteiger partial charge is 0.161 e. The van der Waals surface area contributed by atoms with Gasteiger partial charge in [-0.3, -0.25) is 0 Å². The number of allylic oxidation sites excluding steroid dienone is 4. The Bertz CT molecular complexity index is 298. The van der Waals surface area contributed by atoms with E-state index in [1.165, 1.54) is 82.1 Å². The van der Waals surface area contributed by atoms with Gasteiger partial charge in [-0.1, -0.05) is 28.7 Å². The average Bonchev–Trinajstić information content (AvgIpc) is 2.49. The Morgan fingerprint density at radius 3 is 1.44 bits per heavy atom. The Morgan fingerprint density at radius 2 is 0.889 bits per heavy atom. The smallest absolute Gasteiger partial charge is 0.00300 e. The first-order valence-electron chi connectivity index (χ1n) is 7.91. The van der Waals surface area contributed by atoms with Crippen LogP contribution < -0.4 is 0 Å². The molecule has 0 radical (unpaired) electrons. The molecule has 3 rings (SSSR count). The number of hydrogen-bond donors (Lipinski definition) is 0. The summed E-state index contributed by atoms with van der Waals surface area (Å²) < 4.78 is 0. The molecule has 0 aromatic rings. The molecular formula is C17H26S. The summed E-state index contributed by atoms with van der Waals surface area (Å²) in [5.74, 6) is 2.76. The zero-order chi connectivity index (χ0) is 12.2. The van der Waals surface area contributed by atoms with Gasteiger partial charge in [0, 0.05) is 0 Å². The van der Waals surface area contributed by atoms with Crippen molar-refractivity contribution < 1.29 is 0 Å². The third-order valence-electron chi connectivity index (χ3n) is 5.01.